The van der Waals surface area contributed by atoms with Crippen molar-refractivity contribution >= 4 is 61.4 Å². The second kappa shape index (κ2) is 11.1. The van der Waals surface area contributed by atoms with Gasteiger partial charge in [0.15, 0.2) is 5.16 Å². The number of hydrogen-bond donors (Lipinski definition) is 2. The zero-order valence-electron chi connectivity index (χ0n) is 19.2. The van der Waals surface area contributed by atoms with Crippen LogP contribution in [0.4, 0.5) is 0 Å². The molecule has 2 heterocycles. The predicted octanol–water partition coefficient (Wildman–Crippen LogP) is 5.82. The van der Waals surface area contributed by atoms with Gasteiger partial charge < -0.3 is 5.11 Å². The Hall–Kier alpha value is -3.73. The van der Waals surface area contributed by atoms with Crippen molar-refractivity contribution in [2.45, 2.75) is 5.16 Å². The lowest BCUT2D eigenvalue weighted by atomic mass is 10.1. The Morgan fingerprint density at radius 1 is 1.08 bits per heavy atom. The van der Waals surface area contributed by atoms with E-state index >= 15 is 0 Å². The molecule has 0 spiro atoms. The summed E-state index contributed by atoms with van der Waals surface area (Å²) < 4.78 is 2.50. The van der Waals surface area contributed by atoms with Crippen LogP contribution in [0.25, 0.3) is 27.0 Å². The molecule has 37 heavy (non-hydrogen) atoms. The normalized spacial score (nSPS) is 11.3. The number of amides is 1. The average molecular weight is 592 g/mol. The number of phenols is 1. The third-order valence-electron chi connectivity index (χ3n) is 5.41. The second-order valence-corrected chi connectivity index (χ2v) is 10.6. The molecule has 10 heteroatoms. The van der Waals surface area contributed by atoms with Crippen LogP contribution in [0.5, 0.6) is 5.75 Å². The third-order valence-corrected chi connectivity index (χ3v) is 7.75. The van der Waals surface area contributed by atoms with Gasteiger partial charge in [-0.05, 0) is 42.0 Å². The maximum absolute atomic E-state index is 13.8. The summed E-state index contributed by atoms with van der Waals surface area (Å²) in [7, 11) is 0. The van der Waals surface area contributed by atoms with E-state index in [0.29, 0.717) is 26.6 Å². The number of fused-ring (bicyclic) bond motifs is 1. The van der Waals surface area contributed by atoms with Crippen LogP contribution < -0.4 is 11.0 Å². The van der Waals surface area contributed by atoms with Gasteiger partial charge in [-0.1, -0.05) is 70.2 Å². The van der Waals surface area contributed by atoms with Gasteiger partial charge in [0.05, 0.1) is 23.0 Å². The number of thiophene rings is 1. The van der Waals surface area contributed by atoms with Crippen LogP contribution in [-0.4, -0.2) is 32.5 Å². The van der Waals surface area contributed by atoms with Gasteiger partial charge in [-0.2, -0.15) is 5.10 Å². The number of phenolic OH excluding ortho intramolecular Hbond substituents is 1. The number of hydrogen-bond acceptors (Lipinski definition) is 7. The summed E-state index contributed by atoms with van der Waals surface area (Å²) >= 11 is 6.00. The van der Waals surface area contributed by atoms with Crippen LogP contribution in [0.15, 0.2) is 104 Å². The minimum absolute atomic E-state index is 0.00611. The number of thioether (sulfide) groups is 1. The molecular formula is C27H19BrN4O3S2. The molecular weight excluding hydrogens is 572 g/mol. The summed E-state index contributed by atoms with van der Waals surface area (Å²) in [5, 5.41) is 16.6. The van der Waals surface area contributed by atoms with E-state index in [1.54, 1.807) is 22.8 Å². The molecule has 0 bridgehead atoms. The molecule has 5 aromatic rings. The van der Waals surface area contributed by atoms with E-state index in [4.69, 9.17) is 4.98 Å². The first-order chi connectivity index (χ1) is 18.0. The monoisotopic (exact) mass is 590 g/mol. The number of halogens is 1. The molecule has 0 aliphatic carbocycles. The first kappa shape index (κ1) is 24.9. The van der Waals surface area contributed by atoms with Crippen molar-refractivity contribution in [3.8, 4) is 22.6 Å². The number of para-hydroxylation sites is 2. The van der Waals surface area contributed by atoms with E-state index in [-0.39, 0.29) is 23.0 Å². The summed E-state index contributed by atoms with van der Waals surface area (Å²) in [6.07, 6.45) is 1.37. The molecule has 5 rings (SSSR count). The third kappa shape index (κ3) is 5.51. The van der Waals surface area contributed by atoms with Crippen LogP contribution in [-0.2, 0) is 4.79 Å². The van der Waals surface area contributed by atoms with E-state index in [0.717, 1.165) is 27.4 Å². The minimum atomic E-state index is -0.368. The van der Waals surface area contributed by atoms with Crippen molar-refractivity contribution < 1.29 is 9.90 Å². The van der Waals surface area contributed by atoms with Gasteiger partial charge in [0, 0.05) is 21.0 Å². The molecule has 0 atom stereocenters. The van der Waals surface area contributed by atoms with Gasteiger partial charge in [0.1, 0.15) is 10.6 Å². The summed E-state index contributed by atoms with van der Waals surface area (Å²) in [4.78, 5) is 31.7. The summed E-state index contributed by atoms with van der Waals surface area (Å²) in [6.45, 7) is 0. The number of aromatic nitrogens is 2. The van der Waals surface area contributed by atoms with E-state index in [1.165, 1.54) is 23.6 Å². The van der Waals surface area contributed by atoms with Crippen LogP contribution >= 0.6 is 39.0 Å². The summed E-state index contributed by atoms with van der Waals surface area (Å²) in [5.74, 6) is -0.307. The van der Waals surface area contributed by atoms with Crippen LogP contribution in [0, 0.1) is 0 Å². The highest BCUT2D eigenvalue weighted by Gasteiger charge is 2.19. The van der Waals surface area contributed by atoms with Gasteiger partial charge in [0.25, 0.3) is 11.5 Å². The Kier molecular flexibility index (Phi) is 7.50. The van der Waals surface area contributed by atoms with Crippen LogP contribution in [0.2, 0.25) is 0 Å². The minimum Gasteiger partial charge on any atom is -0.507 e. The largest absolute Gasteiger partial charge is 0.507 e. The number of nitrogens with one attached hydrogen (secondary N) is 1. The number of nitrogens with zero attached hydrogens (tertiary/aromatic N) is 3. The molecule has 7 nitrogen and oxygen atoms in total. The van der Waals surface area contributed by atoms with E-state index in [9.17, 15) is 14.7 Å². The quantitative estimate of drug-likeness (QED) is 0.108. The highest BCUT2D eigenvalue weighted by atomic mass is 79.9. The first-order valence-electron chi connectivity index (χ1n) is 11.1. The van der Waals surface area contributed by atoms with Crippen molar-refractivity contribution in [1.82, 2.24) is 15.0 Å². The highest BCUT2D eigenvalue weighted by Crippen LogP contribution is 2.33. The van der Waals surface area contributed by atoms with Crippen molar-refractivity contribution in [3.05, 3.63) is 105 Å². The molecule has 0 fully saturated rings. The molecule has 0 radical (unpaired) electrons. The predicted molar refractivity (Wildman–Crippen MR) is 153 cm³/mol. The number of carbonyl (C=O) groups is 1. The van der Waals surface area contributed by atoms with Gasteiger partial charge in [-0.15, -0.1) is 11.3 Å². The Balaban J connectivity index is 1.45. The standard InChI is InChI=1S/C27H19BrN4O3S2/c28-19-12-10-17(11-13-19)21-15-36-25-24(21)26(35)32(20-7-2-1-3-8-20)27(30-25)37-16-23(34)31-29-14-18-6-4-5-9-22(18)33/h1-15,33H,16H2,(H,31,34)/b29-14+. The zero-order valence-corrected chi connectivity index (χ0v) is 22.4. The zero-order chi connectivity index (χ0) is 25.8. The molecule has 0 aliphatic rings. The van der Waals surface area contributed by atoms with Crippen molar-refractivity contribution in [3.63, 3.8) is 0 Å². The average Bonchev–Trinajstić information content (AvgIpc) is 3.34. The maximum Gasteiger partial charge on any atom is 0.268 e. The molecule has 0 aliphatic heterocycles. The van der Waals surface area contributed by atoms with Crippen LogP contribution in [0.1, 0.15) is 5.56 Å². The topological polar surface area (TPSA) is 96.6 Å². The summed E-state index contributed by atoms with van der Waals surface area (Å²) in [6, 6.07) is 23.7. The first-order valence-corrected chi connectivity index (χ1v) is 13.8. The Morgan fingerprint density at radius 2 is 1.81 bits per heavy atom. The molecule has 2 N–H and O–H groups in total. The number of aromatic hydroxyl groups is 1. The number of hydrazone groups is 1. The number of rotatable bonds is 7. The molecule has 3 aromatic carbocycles. The lowest BCUT2D eigenvalue weighted by Crippen LogP contribution is -2.24. The molecule has 0 saturated carbocycles. The molecule has 184 valence electrons. The van der Waals surface area contributed by atoms with Crippen molar-refractivity contribution in [1.29, 1.82) is 0 Å². The highest BCUT2D eigenvalue weighted by molar-refractivity contribution is 9.10. The molecule has 0 saturated heterocycles. The van der Waals surface area contributed by atoms with Crippen LogP contribution in [0.3, 0.4) is 0 Å². The Bertz CT molecular complexity index is 1670. The maximum atomic E-state index is 13.8. The van der Waals surface area contributed by atoms with E-state index < -0.39 is 0 Å². The fourth-order valence-corrected chi connectivity index (χ4v) is 5.71. The Morgan fingerprint density at radius 3 is 2.57 bits per heavy atom. The fraction of sp³-hybridized carbons (Fsp3) is 0.0370. The van der Waals surface area contributed by atoms with Gasteiger partial charge in [-0.25, -0.2) is 10.4 Å². The van der Waals surface area contributed by atoms with Gasteiger partial charge in [0.2, 0.25) is 0 Å². The Labute approximate surface area is 228 Å². The molecule has 2 aromatic heterocycles. The molecule has 1 amide bonds. The van der Waals surface area contributed by atoms with Crippen molar-refractivity contribution in [2.24, 2.45) is 5.10 Å². The van der Waals surface area contributed by atoms with Crippen molar-refractivity contribution in [2.75, 3.05) is 5.75 Å². The lowest BCUT2D eigenvalue weighted by molar-refractivity contribution is -0.118. The number of carbonyl (C=O) groups excluding carboxylic acids is 1. The van der Waals surface area contributed by atoms with Gasteiger partial charge >= 0.3 is 0 Å². The SMILES string of the molecule is O=C(CSc1nc2scc(-c3ccc(Br)cc3)c2c(=O)n1-c1ccccc1)N/N=C/c1ccccc1O. The molecule has 0 unspecified atom stereocenters. The summed E-state index contributed by atoms with van der Waals surface area (Å²) in [5.41, 5.74) is 5.15. The second-order valence-electron chi connectivity index (χ2n) is 7.85. The fourth-order valence-electron chi connectivity index (χ4n) is 3.65. The lowest BCUT2D eigenvalue weighted by Gasteiger charge is -2.12. The number of benzene rings is 3. The van der Waals surface area contributed by atoms with E-state index in [1.807, 2.05) is 60.0 Å². The van der Waals surface area contributed by atoms with Gasteiger partial charge in [-0.3, -0.25) is 14.2 Å². The smallest absolute Gasteiger partial charge is 0.268 e. The van der Waals surface area contributed by atoms with E-state index in [2.05, 4.69) is 26.5 Å².